The summed E-state index contributed by atoms with van der Waals surface area (Å²) in [7, 11) is 0. The van der Waals surface area contributed by atoms with Gasteiger partial charge in [0.1, 0.15) is 5.70 Å². The van der Waals surface area contributed by atoms with E-state index in [1.54, 1.807) is 18.7 Å². The number of amides is 2. The molecule has 1 heterocycles. The molecule has 2 unspecified atom stereocenters. The largest absolute Gasteiger partial charge is 0.369 e. The molecule has 6 nitrogen and oxygen atoms in total. The number of nitrogens with one attached hydrogen (secondary N) is 2. The average Bonchev–Trinajstić information content (AvgIpc) is 2.84. The Kier molecular flexibility index (Phi) is 6.72. The van der Waals surface area contributed by atoms with Gasteiger partial charge in [-0.15, -0.1) is 11.8 Å². The van der Waals surface area contributed by atoms with Gasteiger partial charge in [-0.25, -0.2) is 0 Å². The van der Waals surface area contributed by atoms with Crippen molar-refractivity contribution in [1.29, 1.82) is 0 Å². The highest BCUT2D eigenvalue weighted by atomic mass is 32.2. The number of hydrogen-bond acceptors (Lipinski definition) is 5. The first-order valence-electron chi connectivity index (χ1n) is 6.44. The van der Waals surface area contributed by atoms with Crippen LogP contribution in [0.1, 0.15) is 26.2 Å². The zero-order valence-corrected chi connectivity index (χ0v) is 12.0. The number of thioether (sulfide) groups is 1. The van der Waals surface area contributed by atoms with E-state index >= 15 is 0 Å². The lowest BCUT2D eigenvalue weighted by molar-refractivity contribution is -0.122. The lowest BCUT2D eigenvalue weighted by Gasteiger charge is -2.12. The molecule has 2 atom stereocenters. The molecular formula is C12H22N4O2S. The Balaban J connectivity index is 2.22. The third-order valence-corrected chi connectivity index (χ3v) is 3.98. The van der Waals surface area contributed by atoms with Crippen LogP contribution in [0, 0.1) is 5.92 Å². The van der Waals surface area contributed by atoms with Crippen molar-refractivity contribution in [2.24, 2.45) is 17.4 Å². The molecule has 1 aliphatic rings. The zero-order valence-electron chi connectivity index (χ0n) is 11.1. The summed E-state index contributed by atoms with van der Waals surface area (Å²) in [5.74, 6) is -0.707. The van der Waals surface area contributed by atoms with Crippen LogP contribution >= 0.6 is 11.8 Å². The molecule has 0 saturated heterocycles. The summed E-state index contributed by atoms with van der Waals surface area (Å²) in [6, 6.07) is 0. The van der Waals surface area contributed by atoms with Crippen molar-refractivity contribution in [3.63, 3.8) is 0 Å². The van der Waals surface area contributed by atoms with Crippen LogP contribution in [-0.4, -0.2) is 30.3 Å². The smallest absolute Gasteiger partial charge is 0.267 e. The fourth-order valence-corrected chi connectivity index (χ4v) is 2.57. The van der Waals surface area contributed by atoms with Crippen molar-refractivity contribution < 1.29 is 9.59 Å². The quantitative estimate of drug-likeness (QED) is 0.496. The topological polar surface area (TPSA) is 110 Å². The van der Waals surface area contributed by atoms with Crippen molar-refractivity contribution in [3.8, 4) is 0 Å². The van der Waals surface area contributed by atoms with Gasteiger partial charge in [0.2, 0.25) is 5.91 Å². The first-order valence-corrected chi connectivity index (χ1v) is 7.38. The first kappa shape index (κ1) is 15.8. The fourth-order valence-electron chi connectivity index (χ4n) is 1.59. The molecule has 0 aromatic rings. The number of hydrogen-bond donors (Lipinski definition) is 4. The van der Waals surface area contributed by atoms with Crippen LogP contribution in [0.2, 0.25) is 0 Å². The summed E-state index contributed by atoms with van der Waals surface area (Å²) in [6.07, 6.45) is 2.43. The Labute approximate surface area is 117 Å². The number of carbonyl (C=O) groups is 2. The van der Waals surface area contributed by atoms with Crippen LogP contribution in [-0.2, 0) is 9.59 Å². The minimum absolute atomic E-state index is 0.139. The number of rotatable bonds is 8. The van der Waals surface area contributed by atoms with E-state index in [4.69, 9.17) is 11.5 Å². The molecule has 0 radical (unpaired) electrons. The van der Waals surface area contributed by atoms with E-state index in [0.29, 0.717) is 25.2 Å². The van der Waals surface area contributed by atoms with Gasteiger partial charge >= 0.3 is 0 Å². The van der Waals surface area contributed by atoms with E-state index in [2.05, 4.69) is 10.6 Å². The van der Waals surface area contributed by atoms with Crippen LogP contribution in [0.25, 0.3) is 0 Å². The molecule has 0 spiro atoms. The lowest BCUT2D eigenvalue weighted by atomic mass is 10.1. The molecule has 0 aliphatic carbocycles. The molecule has 6 N–H and O–H groups in total. The van der Waals surface area contributed by atoms with E-state index in [0.717, 1.165) is 12.8 Å². The molecule has 7 heteroatoms. The van der Waals surface area contributed by atoms with E-state index in [1.807, 2.05) is 5.41 Å². The fraction of sp³-hybridized carbons (Fsp3) is 0.667. The first-order chi connectivity index (χ1) is 9.04. The monoisotopic (exact) mass is 286 g/mol. The summed E-state index contributed by atoms with van der Waals surface area (Å²) in [5.41, 5.74) is 11.2. The van der Waals surface area contributed by atoms with Gasteiger partial charge in [0.15, 0.2) is 0 Å². The minimum atomic E-state index is -0.343. The van der Waals surface area contributed by atoms with Crippen LogP contribution in [0.5, 0.6) is 0 Å². The molecular weight excluding hydrogens is 264 g/mol. The van der Waals surface area contributed by atoms with E-state index in [9.17, 15) is 9.59 Å². The molecule has 0 fully saturated rings. The number of carbonyl (C=O) groups excluding carboxylic acids is 2. The van der Waals surface area contributed by atoms with E-state index in [1.165, 1.54) is 0 Å². The third kappa shape index (κ3) is 5.52. The van der Waals surface area contributed by atoms with Crippen LogP contribution in [0.15, 0.2) is 11.1 Å². The van der Waals surface area contributed by atoms with Crippen molar-refractivity contribution in [2.75, 3.05) is 13.1 Å². The van der Waals surface area contributed by atoms with Gasteiger partial charge in [0.25, 0.3) is 5.91 Å². The maximum Gasteiger partial charge on any atom is 0.267 e. The Morgan fingerprint density at radius 1 is 1.58 bits per heavy atom. The second-order valence-corrected chi connectivity index (χ2v) is 5.66. The number of nitrogens with two attached hydrogens (primary N) is 2. The van der Waals surface area contributed by atoms with Crippen molar-refractivity contribution in [1.82, 2.24) is 10.6 Å². The zero-order chi connectivity index (χ0) is 14.3. The van der Waals surface area contributed by atoms with Crippen LogP contribution < -0.4 is 22.1 Å². The van der Waals surface area contributed by atoms with Gasteiger partial charge in [-0.05, 0) is 25.8 Å². The summed E-state index contributed by atoms with van der Waals surface area (Å²) in [6.45, 7) is 2.85. The molecule has 108 valence electrons. The molecule has 2 amide bonds. The number of primary amides is 1. The van der Waals surface area contributed by atoms with E-state index in [-0.39, 0.29) is 23.1 Å². The molecule has 0 bridgehead atoms. The highest BCUT2D eigenvalue weighted by Gasteiger charge is 2.20. The second-order valence-electron chi connectivity index (χ2n) is 4.58. The summed E-state index contributed by atoms with van der Waals surface area (Å²) in [4.78, 5) is 22.7. The molecule has 0 saturated carbocycles. The molecule has 1 rings (SSSR count). The molecule has 19 heavy (non-hydrogen) atoms. The SMILES string of the molecule is CC(CCNC(=O)C1=CSC(CCCN)N1)C(N)=O. The highest BCUT2D eigenvalue weighted by molar-refractivity contribution is 8.03. The third-order valence-electron chi connectivity index (χ3n) is 2.93. The van der Waals surface area contributed by atoms with Crippen molar-refractivity contribution >= 4 is 23.6 Å². The standard InChI is InChI=1S/C12H22N4O2S/c1-8(11(14)17)4-6-15-12(18)9-7-19-10(16-9)3-2-5-13/h7-8,10,16H,2-6,13H2,1H3,(H2,14,17)(H,15,18). The molecule has 0 aromatic carbocycles. The van der Waals surface area contributed by atoms with Gasteiger partial charge in [0, 0.05) is 17.9 Å². The molecule has 0 aromatic heterocycles. The Bertz CT molecular complexity index is 360. The second kappa shape index (κ2) is 8.06. The summed E-state index contributed by atoms with van der Waals surface area (Å²) < 4.78 is 0. The van der Waals surface area contributed by atoms with Gasteiger partial charge in [-0.1, -0.05) is 6.92 Å². The van der Waals surface area contributed by atoms with Crippen molar-refractivity contribution in [3.05, 3.63) is 11.1 Å². The summed E-state index contributed by atoms with van der Waals surface area (Å²) in [5, 5.41) is 7.98. The lowest BCUT2D eigenvalue weighted by Crippen LogP contribution is -2.34. The van der Waals surface area contributed by atoms with Gasteiger partial charge in [0.05, 0.1) is 5.37 Å². The minimum Gasteiger partial charge on any atom is -0.369 e. The van der Waals surface area contributed by atoms with E-state index < -0.39 is 0 Å². The maximum absolute atomic E-state index is 11.8. The maximum atomic E-state index is 11.8. The average molecular weight is 286 g/mol. The van der Waals surface area contributed by atoms with Crippen LogP contribution in [0.3, 0.4) is 0 Å². The predicted octanol–water partition coefficient (Wildman–Crippen LogP) is -0.143. The van der Waals surface area contributed by atoms with Crippen molar-refractivity contribution in [2.45, 2.75) is 31.6 Å². The molecule has 1 aliphatic heterocycles. The Hall–Kier alpha value is -1.21. The highest BCUT2D eigenvalue weighted by Crippen LogP contribution is 2.23. The Morgan fingerprint density at radius 3 is 2.95 bits per heavy atom. The Morgan fingerprint density at radius 2 is 2.32 bits per heavy atom. The van der Waals surface area contributed by atoms with Gasteiger partial charge in [-0.3, -0.25) is 9.59 Å². The van der Waals surface area contributed by atoms with Gasteiger partial charge in [-0.2, -0.15) is 0 Å². The van der Waals surface area contributed by atoms with Crippen LogP contribution in [0.4, 0.5) is 0 Å². The van der Waals surface area contributed by atoms with Gasteiger partial charge < -0.3 is 22.1 Å². The summed E-state index contributed by atoms with van der Waals surface area (Å²) >= 11 is 1.60. The normalized spacial score (nSPS) is 19.5. The predicted molar refractivity (Wildman–Crippen MR) is 76.9 cm³/mol.